The number of ether oxygens (including phenoxy) is 2. The highest BCUT2D eigenvalue weighted by Crippen LogP contribution is 2.32. The van der Waals surface area contributed by atoms with Gasteiger partial charge >= 0.3 is 0 Å². The number of hydrogen-bond donors (Lipinski definition) is 1. The fourth-order valence-corrected chi connectivity index (χ4v) is 2.27. The van der Waals surface area contributed by atoms with Crippen LogP contribution in [-0.4, -0.2) is 18.9 Å². The summed E-state index contributed by atoms with van der Waals surface area (Å²) in [5.41, 5.74) is 3.83. The van der Waals surface area contributed by atoms with E-state index in [1.807, 2.05) is 24.3 Å². The molecule has 1 aliphatic heterocycles. The molecule has 0 atom stereocenters. The molecule has 1 amide bonds. The van der Waals surface area contributed by atoms with Gasteiger partial charge in [0.25, 0.3) is 5.91 Å². The third-order valence-electron chi connectivity index (χ3n) is 2.86. The number of nitrogens with zero attached hydrogens (tertiary/aromatic N) is 1. The molecule has 0 bridgehead atoms. The number of amides is 1. The van der Waals surface area contributed by atoms with Crippen molar-refractivity contribution in [2.45, 2.75) is 0 Å². The molecule has 0 aromatic heterocycles. The molecule has 2 aromatic carbocycles. The van der Waals surface area contributed by atoms with Crippen LogP contribution < -0.4 is 14.9 Å². The lowest BCUT2D eigenvalue weighted by Crippen LogP contribution is -2.17. The first-order valence-corrected chi connectivity index (χ1v) is 7.00. The third kappa shape index (κ3) is 3.22. The van der Waals surface area contributed by atoms with Crippen LogP contribution in [-0.2, 0) is 0 Å². The van der Waals surface area contributed by atoms with Crippen molar-refractivity contribution in [1.82, 2.24) is 5.43 Å². The predicted octanol–water partition coefficient (Wildman–Crippen LogP) is 2.94. The first-order chi connectivity index (χ1) is 10.2. The van der Waals surface area contributed by atoms with Crippen molar-refractivity contribution in [2.24, 2.45) is 5.10 Å². The Bertz CT molecular complexity index is 716. The van der Waals surface area contributed by atoms with Crippen LogP contribution >= 0.6 is 15.9 Å². The molecule has 0 radical (unpaired) electrons. The van der Waals surface area contributed by atoms with Crippen LogP contribution in [0.4, 0.5) is 0 Å². The zero-order valence-corrected chi connectivity index (χ0v) is 12.5. The van der Waals surface area contributed by atoms with Gasteiger partial charge in [-0.1, -0.05) is 28.1 Å². The van der Waals surface area contributed by atoms with E-state index < -0.39 is 0 Å². The molecule has 5 nitrogen and oxygen atoms in total. The Balaban J connectivity index is 1.66. The van der Waals surface area contributed by atoms with Crippen LogP contribution in [0.5, 0.6) is 11.5 Å². The Morgan fingerprint density at radius 1 is 1.19 bits per heavy atom. The average molecular weight is 347 g/mol. The van der Waals surface area contributed by atoms with E-state index in [9.17, 15) is 4.79 Å². The normalized spacial score (nSPS) is 12.6. The lowest BCUT2D eigenvalue weighted by molar-refractivity contribution is 0.0954. The Labute approximate surface area is 129 Å². The number of fused-ring (bicyclic) bond motifs is 1. The van der Waals surface area contributed by atoms with Gasteiger partial charge in [0.1, 0.15) is 0 Å². The minimum absolute atomic E-state index is 0.182. The average Bonchev–Trinajstić information content (AvgIpc) is 2.94. The van der Waals surface area contributed by atoms with Gasteiger partial charge in [-0.3, -0.25) is 4.79 Å². The molecule has 2 aromatic rings. The molecule has 0 saturated carbocycles. The smallest absolute Gasteiger partial charge is 0.271 e. The summed E-state index contributed by atoms with van der Waals surface area (Å²) in [7, 11) is 0. The van der Waals surface area contributed by atoms with Crippen LogP contribution in [0.1, 0.15) is 15.9 Å². The molecule has 0 unspecified atom stereocenters. The highest BCUT2D eigenvalue weighted by molar-refractivity contribution is 9.10. The van der Waals surface area contributed by atoms with E-state index in [2.05, 4.69) is 26.5 Å². The molecule has 106 valence electrons. The highest BCUT2D eigenvalue weighted by atomic mass is 79.9. The summed E-state index contributed by atoms with van der Waals surface area (Å²) in [6, 6.07) is 12.6. The van der Waals surface area contributed by atoms with Crippen LogP contribution in [0.3, 0.4) is 0 Å². The highest BCUT2D eigenvalue weighted by Gasteiger charge is 2.15. The second-order valence-corrected chi connectivity index (χ2v) is 5.24. The van der Waals surface area contributed by atoms with Gasteiger partial charge < -0.3 is 9.47 Å². The van der Waals surface area contributed by atoms with Gasteiger partial charge in [0.05, 0.1) is 6.21 Å². The Morgan fingerprint density at radius 2 is 2.05 bits per heavy atom. The second kappa shape index (κ2) is 5.97. The van der Waals surface area contributed by atoms with Crippen molar-refractivity contribution in [3.05, 3.63) is 58.1 Å². The van der Waals surface area contributed by atoms with Crippen LogP contribution in [0.25, 0.3) is 0 Å². The van der Waals surface area contributed by atoms with Gasteiger partial charge in [-0.15, -0.1) is 0 Å². The van der Waals surface area contributed by atoms with Crippen molar-refractivity contribution < 1.29 is 14.3 Å². The Kier molecular flexibility index (Phi) is 3.87. The number of halogens is 1. The fraction of sp³-hybridized carbons (Fsp3) is 0.0667. The maximum Gasteiger partial charge on any atom is 0.271 e. The standard InChI is InChI=1S/C15H11BrN2O3/c16-12-3-1-2-10(6-12)8-17-18-15(19)11-4-5-13-14(7-11)21-9-20-13/h1-8H,9H2,(H,18,19)/b17-8+. The minimum Gasteiger partial charge on any atom is -0.454 e. The molecular weight excluding hydrogens is 336 g/mol. The summed E-state index contributed by atoms with van der Waals surface area (Å²) in [5, 5.41) is 3.94. The van der Waals surface area contributed by atoms with Crippen LogP contribution in [0.15, 0.2) is 52.0 Å². The third-order valence-corrected chi connectivity index (χ3v) is 3.36. The molecule has 21 heavy (non-hydrogen) atoms. The number of carbonyl (C=O) groups excluding carboxylic acids is 1. The molecule has 0 spiro atoms. The van der Waals surface area contributed by atoms with Gasteiger partial charge in [-0.05, 0) is 35.9 Å². The van der Waals surface area contributed by atoms with E-state index in [0.717, 1.165) is 10.0 Å². The van der Waals surface area contributed by atoms with Crippen LogP contribution in [0, 0.1) is 0 Å². The maximum atomic E-state index is 12.0. The van der Waals surface area contributed by atoms with E-state index >= 15 is 0 Å². The molecule has 3 rings (SSSR count). The van der Waals surface area contributed by atoms with Gasteiger partial charge in [-0.2, -0.15) is 5.10 Å². The first-order valence-electron chi connectivity index (χ1n) is 6.21. The summed E-state index contributed by atoms with van der Waals surface area (Å²) >= 11 is 3.37. The summed E-state index contributed by atoms with van der Waals surface area (Å²) in [6.45, 7) is 0.182. The fourth-order valence-electron chi connectivity index (χ4n) is 1.85. The first kappa shape index (κ1) is 13.6. The summed E-state index contributed by atoms with van der Waals surface area (Å²) in [4.78, 5) is 12.0. The SMILES string of the molecule is O=C(N/N=C/c1cccc(Br)c1)c1ccc2c(c1)OCO2. The number of hydrazone groups is 1. The van der Waals surface area contributed by atoms with Gasteiger partial charge in [0.15, 0.2) is 11.5 Å². The summed E-state index contributed by atoms with van der Waals surface area (Å²) in [5.74, 6) is 0.905. The van der Waals surface area contributed by atoms with Gasteiger partial charge in [0.2, 0.25) is 6.79 Å². The van der Waals surface area contributed by atoms with Crippen molar-refractivity contribution in [3.63, 3.8) is 0 Å². The molecule has 0 saturated heterocycles. The van der Waals surface area contributed by atoms with Gasteiger partial charge in [0, 0.05) is 10.0 Å². The number of hydrogen-bond acceptors (Lipinski definition) is 4. The quantitative estimate of drug-likeness (QED) is 0.686. The number of benzene rings is 2. The van der Waals surface area contributed by atoms with E-state index in [0.29, 0.717) is 17.1 Å². The van der Waals surface area contributed by atoms with Crippen molar-refractivity contribution in [3.8, 4) is 11.5 Å². The van der Waals surface area contributed by atoms with E-state index in [1.54, 1.807) is 24.4 Å². The summed E-state index contributed by atoms with van der Waals surface area (Å²) in [6.07, 6.45) is 1.58. The molecule has 0 aliphatic carbocycles. The zero-order chi connectivity index (χ0) is 14.7. The van der Waals surface area contributed by atoms with Crippen LogP contribution in [0.2, 0.25) is 0 Å². The van der Waals surface area contributed by atoms with Crippen molar-refractivity contribution >= 4 is 28.1 Å². The lowest BCUT2D eigenvalue weighted by Gasteiger charge is -2.01. The van der Waals surface area contributed by atoms with E-state index in [1.165, 1.54) is 0 Å². The summed E-state index contributed by atoms with van der Waals surface area (Å²) < 4.78 is 11.4. The number of nitrogens with one attached hydrogen (secondary N) is 1. The lowest BCUT2D eigenvalue weighted by atomic mass is 10.2. The molecule has 6 heteroatoms. The number of rotatable bonds is 3. The molecule has 1 aliphatic rings. The largest absolute Gasteiger partial charge is 0.454 e. The molecule has 0 fully saturated rings. The maximum absolute atomic E-state index is 12.0. The topological polar surface area (TPSA) is 59.9 Å². The monoisotopic (exact) mass is 346 g/mol. The van der Waals surface area contributed by atoms with E-state index in [-0.39, 0.29) is 12.7 Å². The van der Waals surface area contributed by atoms with E-state index in [4.69, 9.17) is 9.47 Å². The van der Waals surface area contributed by atoms with Crippen molar-refractivity contribution in [2.75, 3.05) is 6.79 Å². The predicted molar refractivity (Wildman–Crippen MR) is 81.8 cm³/mol. The molecule has 1 heterocycles. The minimum atomic E-state index is -0.306. The van der Waals surface area contributed by atoms with Crippen molar-refractivity contribution in [1.29, 1.82) is 0 Å². The zero-order valence-electron chi connectivity index (χ0n) is 10.9. The molecular formula is C15H11BrN2O3. The second-order valence-electron chi connectivity index (χ2n) is 4.32. The molecule has 1 N–H and O–H groups in total. The Hall–Kier alpha value is -2.34. The van der Waals surface area contributed by atoms with Gasteiger partial charge in [-0.25, -0.2) is 5.43 Å². The number of carbonyl (C=O) groups is 1. The Morgan fingerprint density at radius 3 is 2.90 bits per heavy atom.